The van der Waals surface area contributed by atoms with Gasteiger partial charge in [-0.1, -0.05) is 44.0 Å². The number of H-pyrrole nitrogens is 1. The molecule has 0 amide bonds. The number of rotatable bonds is 1. The predicted octanol–water partition coefficient (Wildman–Crippen LogP) is 4.90. The number of benzene rings is 1. The maximum Gasteiger partial charge on any atom is 0.0500 e. The number of nitrogens with one attached hydrogen (secondary N) is 1. The van der Waals surface area contributed by atoms with E-state index in [1.807, 2.05) is 0 Å². The molecule has 98 valence electrons. The van der Waals surface area contributed by atoms with Gasteiger partial charge in [0.2, 0.25) is 0 Å². The lowest BCUT2D eigenvalue weighted by Crippen LogP contribution is -2.33. The number of hydrogen-bond donors (Lipinski definition) is 1. The van der Waals surface area contributed by atoms with Crippen LogP contribution in [0.4, 0.5) is 0 Å². The van der Waals surface area contributed by atoms with E-state index in [9.17, 15) is 0 Å². The number of fused-ring (bicyclic) bond motifs is 5. The summed E-state index contributed by atoms with van der Waals surface area (Å²) in [7, 11) is 0. The van der Waals surface area contributed by atoms with Crippen molar-refractivity contribution in [3.8, 4) is 11.3 Å². The van der Waals surface area contributed by atoms with Crippen molar-refractivity contribution in [1.29, 1.82) is 0 Å². The van der Waals surface area contributed by atoms with E-state index in [1.165, 1.54) is 41.8 Å². The summed E-state index contributed by atoms with van der Waals surface area (Å²) >= 11 is 0. The highest BCUT2D eigenvalue weighted by atomic mass is 14.8. The van der Waals surface area contributed by atoms with Gasteiger partial charge in [0.05, 0.1) is 5.69 Å². The third-order valence-corrected chi connectivity index (χ3v) is 5.14. The van der Waals surface area contributed by atoms with Crippen molar-refractivity contribution in [3.63, 3.8) is 0 Å². The molecular formula is C18H21N. The minimum absolute atomic E-state index is 0.348. The average molecular weight is 251 g/mol. The third kappa shape index (κ3) is 1.31. The van der Waals surface area contributed by atoms with Crippen molar-refractivity contribution in [1.82, 2.24) is 4.98 Å². The van der Waals surface area contributed by atoms with E-state index < -0.39 is 0 Å². The zero-order valence-electron chi connectivity index (χ0n) is 12.0. The Labute approximate surface area is 115 Å². The van der Waals surface area contributed by atoms with Crippen molar-refractivity contribution in [3.05, 3.63) is 46.6 Å². The standard InChI is InChI=1S/C18H21N/c1-11(2)16-10-15-17(19-16)13-6-5-12(3)9-14(13)18(15)7-4-8-18/h5-6,9-11,19H,4,7-8H2,1-3H3. The van der Waals surface area contributed by atoms with E-state index >= 15 is 0 Å². The van der Waals surface area contributed by atoms with Crippen LogP contribution in [0.5, 0.6) is 0 Å². The van der Waals surface area contributed by atoms with Crippen LogP contribution in [0.1, 0.15) is 61.4 Å². The van der Waals surface area contributed by atoms with Gasteiger partial charge in [0, 0.05) is 16.7 Å². The van der Waals surface area contributed by atoms with E-state index in [0.717, 1.165) is 0 Å². The highest BCUT2D eigenvalue weighted by Gasteiger charge is 2.48. The van der Waals surface area contributed by atoms with E-state index in [2.05, 4.69) is 50.0 Å². The first kappa shape index (κ1) is 11.3. The van der Waals surface area contributed by atoms with Gasteiger partial charge in [-0.15, -0.1) is 0 Å². The Morgan fingerprint density at radius 1 is 1.11 bits per heavy atom. The SMILES string of the molecule is Cc1ccc2c(c1)C1(CCC1)c1cc(C(C)C)[nH]c1-2. The normalized spacial score (nSPS) is 18.5. The largest absolute Gasteiger partial charge is 0.358 e. The second-order valence-electron chi connectivity index (χ2n) is 6.65. The summed E-state index contributed by atoms with van der Waals surface area (Å²) in [5.41, 5.74) is 9.13. The zero-order valence-corrected chi connectivity index (χ0v) is 12.0. The molecule has 1 N–H and O–H groups in total. The van der Waals surface area contributed by atoms with Crippen LogP contribution in [0.2, 0.25) is 0 Å². The number of aromatic amines is 1. The topological polar surface area (TPSA) is 15.8 Å². The lowest BCUT2D eigenvalue weighted by molar-refractivity contribution is 0.309. The number of hydrogen-bond acceptors (Lipinski definition) is 0. The second-order valence-corrected chi connectivity index (χ2v) is 6.65. The van der Waals surface area contributed by atoms with Crippen LogP contribution in [0.25, 0.3) is 11.3 Å². The number of aromatic nitrogens is 1. The van der Waals surface area contributed by atoms with Gasteiger partial charge in [0.1, 0.15) is 0 Å². The maximum atomic E-state index is 3.69. The van der Waals surface area contributed by atoms with Gasteiger partial charge < -0.3 is 4.98 Å². The molecule has 1 aromatic carbocycles. The summed E-state index contributed by atoms with van der Waals surface area (Å²) < 4.78 is 0. The molecule has 0 saturated heterocycles. The van der Waals surface area contributed by atoms with E-state index in [1.54, 1.807) is 11.1 Å². The molecule has 2 aromatic rings. The molecule has 0 aliphatic heterocycles. The molecule has 4 rings (SSSR count). The van der Waals surface area contributed by atoms with Crippen molar-refractivity contribution < 1.29 is 0 Å². The predicted molar refractivity (Wildman–Crippen MR) is 79.7 cm³/mol. The summed E-state index contributed by atoms with van der Waals surface area (Å²) in [6.07, 6.45) is 4.02. The summed E-state index contributed by atoms with van der Waals surface area (Å²) in [4.78, 5) is 3.69. The van der Waals surface area contributed by atoms with Crippen molar-refractivity contribution in [2.24, 2.45) is 0 Å². The second kappa shape index (κ2) is 3.53. The van der Waals surface area contributed by atoms with E-state index in [4.69, 9.17) is 0 Å². The summed E-state index contributed by atoms with van der Waals surface area (Å²) in [5.74, 6) is 0.580. The fourth-order valence-electron chi connectivity index (χ4n) is 3.86. The first-order chi connectivity index (χ1) is 9.12. The van der Waals surface area contributed by atoms with Crippen LogP contribution < -0.4 is 0 Å². The first-order valence-electron chi connectivity index (χ1n) is 7.47. The van der Waals surface area contributed by atoms with Crippen LogP contribution in [0.15, 0.2) is 24.3 Å². The Morgan fingerprint density at radius 2 is 1.89 bits per heavy atom. The third-order valence-electron chi connectivity index (χ3n) is 5.14. The van der Waals surface area contributed by atoms with Crippen molar-refractivity contribution in [2.75, 3.05) is 0 Å². The Hall–Kier alpha value is -1.50. The number of aryl methyl sites for hydroxylation is 1. The highest BCUT2D eigenvalue weighted by Crippen LogP contribution is 2.59. The minimum atomic E-state index is 0.348. The minimum Gasteiger partial charge on any atom is -0.358 e. The average Bonchev–Trinajstić information content (AvgIpc) is 2.82. The Bertz CT molecular complexity index is 656. The van der Waals surface area contributed by atoms with Gasteiger partial charge in [0.25, 0.3) is 0 Å². The molecule has 1 spiro atoms. The molecule has 0 radical (unpaired) electrons. The lowest BCUT2D eigenvalue weighted by Gasteiger charge is -2.40. The zero-order chi connectivity index (χ0) is 13.2. The molecule has 1 aromatic heterocycles. The van der Waals surface area contributed by atoms with Gasteiger partial charge in [-0.3, -0.25) is 0 Å². The van der Waals surface area contributed by atoms with Gasteiger partial charge >= 0.3 is 0 Å². The molecule has 2 aliphatic carbocycles. The van der Waals surface area contributed by atoms with Gasteiger partial charge in [-0.25, -0.2) is 0 Å². The van der Waals surface area contributed by atoms with E-state index in [-0.39, 0.29) is 0 Å². The van der Waals surface area contributed by atoms with Crippen LogP contribution in [-0.2, 0) is 5.41 Å². The van der Waals surface area contributed by atoms with Crippen LogP contribution in [-0.4, -0.2) is 4.98 Å². The fraction of sp³-hybridized carbons (Fsp3) is 0.444. The van der Waals surface area contributed by atoms with Gasteiger partial charge in [0.15, 0.2) is 0 Å². The Balaban J connectivity index is 1.99. The molecule has 1 saturated carbocycles. The highest BCUT2D eigenvalue weighted by molar-refractivity contribution is 5.80. The smallest absolute Gasteiger partial charge is 0.0500 e. The van der Waals surface area contributed by atoms with E-state index in [0.29, 0.717) is 11.3 Å². The quantitative estimate of drug-likeness (QED) is 0.742. The molecule has 2 aliphatic rings. The summed E-state index contributed by atoms with van der Waals surface area (Å²) in [5, 5.41) is 0. The Morgan fingerprint density at radius 3 is 2.53 bits per heavy atom. The molecule has 1 nitrogen and oxygen atoms in total. The first-order valence-corrected chi connectivity index (χ1v) is 7.47. The molecule has 0 unspecified atom stereocenters. The molecular weight excluding hydrogens is 230 g/mol. The maximum absolute atomic E-state index is 3.69. The van der Waals surface area contributed by atoms with Crippen LogP contribution in [0.3, 0.4) is 0 Å². The monoisotopic (exact) mass is 251 g/mol. The van der Waals surface area contributed by atoms with Crippen molar-refractivity contribution >= 4 is 0 Å². The molecule has 1 fully saturated rings. The summed E-state index contributed by atoms with van der Waals surface area (Å²) in [6, 6.07) is 9.42. The molecule has 19 heavy (non-hydrogen) atoms. The van der Waals surface area contributed by atoms with Crippen LogP contribution >= 0.6 is 0 Å². The molecule has 0 bridgehead atoms. The van der Waals surface area contributed by atoms with Crippen LogP contribution in [0, 0.1) is 6.92 Å². The van der Waals surface area contributed by atoms with Gasteiger partial charge in [-0.05, 0) is 42.9 Å². The molecule has 0 atom stereocenters. The molecule has 1 heterocycles. The molecule has 1 heteroatoms. The van der Waals surface area contributed by atoms with Gasteiger partial charge in [-0.2, -0.15) is 0 Å². The Kier molecular flexibility index (Phi) is 2.11. The fourth-order valence-corrected chi connectivity index (χ4v) is 3.86. The summed E-state index contributed by atoms with van der Waals surface area (Å²) in [6.45, 7) is 6.74. The van der Waals surface area contributed by atoms with Crippen molar-refractivity contribution in [2.45, 2.75) is 51.4 Å². The lowest BCUT2D eigenvalue weighted by atomic mass is 9.63.